The predicted octanol–water partition coefficient (Wildman–Crippen LogP) is 3.76. The summed E-state index contributed by atoms with van der Waals surface area (Å²) in [4.78, 5) is 0. The van der Waals surface area contributed by atoms with Crippen molar-refractivity contribution in [1.82, 2.24) is 0 Å². The zero-order chi connectivity index (χ0) is 13.1. The van der Waals surface area contributed by atoms with Crippen molar-refractivity contribution in [2.75, 3.05) is 6.61 Å². The van der Waals surface area contributed by atoms with Crippen LogP contribution in [0.4, 0.5) is 0 Å². The van der Waals surface area contributed by atoms with E-state index in [9.17, 15) is 0 Å². The van der Waals surface area contributed by atoms with Crippen LogP contribution in [0, 0.1) is 0 Å². The minimum atomic E-state index is -0.131. The average molecular weight is 321 g/mol. The molecule has 0 unspecified atom stereocenters. The van der Waals surface area contributed by atoms with Crippen molar-refractivity contribution in [2.24, 2.45) is 0 Å². The van der Waals surface area contributed by atoms with Crippen molar-refractivity contribution in [3.63, 3.8) is 0 Å². The van der Waals surface area contributed by atoms with Gasteiger partial charge in [-0.05, 0) is 33.6 Å². The third kappa shape index (κ3) is 3.28. The first-order chi connectivity index (χ1) is 9.33. The Balaban J connectivity index is 1.75. The standard InChI is InChI=1S/C15H13BrO3/c16-12-7-4-8-13(19-14-10-17-14)15(12)18-9-11-5-2-1-3-6-11/h1-8,14H,9-10H2/t14-/m1/s1. The highest BCUT2D eigenvalue weighted by molar-refractivity contribution is 9.10. The molecule has 1 saturated heterocycles. The van der Waals surface area contributed by atoms with Gasteiger partial charge in [-0.15, -0.1) is 0 Å². The maximum atomic E-state index is 5.86. The number of halogens is 1. The zero-order valence-electron chi connectivity index (χ0n) is 10.2. The van der Waals surface area contributed by atoms with Crippen molar-refractivity contribution in [3.05, 3.63) is 58.6 Å². The molecule has 19 heavy (non-hydrogen) atoms. The molecule has 2 aromatic carbocycles. The van der Waals surface area contributed by atoms with Gasteiger partial charge >= 0.3 is 0 Å². The SMILES string of the molecule is Brc1cccc(O[C@@H]2CO2)c1OCc1ccccc1. The Morgan fingerprint density at radius 2 is 1.89 bits per heavy atom. The molecule has 0 N–H and O–H groups in total. The van der Waals surface area contributed by atoms with E-state index < -0.39 is 0 Å². The molecule has 3 rings (SSSR count). The lowest BCUT2D eigenvalue weighted by Crippen LogP contribution is -2.02. The third-order valence-electron chi connectivity index (χ3n) is 2.72. The Hall–Kier alpha value is -1.52. The summed E-state index contributed by atoms with van der Waals surface area (Å²) in [6.45, 7) is 1.15. The van der Waals surface area contributed by atoms with E-state index in [2.05, 4.69) is 15.9 Å². The molecule has 4 heteroatoms. The molecule has 2 aromatic rings. The quantitative estimate of drug-likeness (QED) is 0.786. The molecule has 0 aromatic heterocycles. The van der Waals surface area contributed by atoms with Crippen LogP contribution in [0.5, 0.6) is 11.5 Å². The molecule has 1 aliphatic heterocycles. The van der Waals surface area contributed by atoms with E-state index in [1.54, 1.807) is 0 Å². The van der Waals surface area contributed by atoms with Crippen LogP contribution in [0.3, 0.4) is 0 Å². The average Bonchev–Trinajstić information content (AvgIpc) is 3.23. The van der Waals surface area contributed by atoms with Crippen LogP contribution in [-0.2, 0) is 11.3 Å². The largest absolute Gasteiger partial charge is 0.484 e. The molecule has 3 nitrogen and oxygen atoms in total. The molecule has 98 valence electrons. The maximum absolute atomic E-state index is 5.86. The van der Waals surface area contributed by atoms with Gasteiger partial charge in [0.2, 0.25) is 6.29 Å². The first kappa shape index (κ1) is 12.5. The van der Waals surface area contributed by atoms with E-state index in [-0.39, 0.29) is 6.29 Å². The van der Waals surface area contributed by atoms with E-state index in [0.717, 1.165) is 10.0 Å². The van der Waals surface area contributed by atoms with Gasteiger partial charge in [-0.3, -0.25) is 0 Å². The summed E-state index contributed by atoms with van der Waals surface area (Å²) in [6, 6.07) is 15.8. The Bertz CT molecular complexity index is 553. The van der Waals surface area contributed by atoms with Crippen molar-refractivity contribution >= 4 is 15.9 Å². The molecule has 0 spiro atoms. The summed E-state index contributed by atoms with van der Waals surface area (Å²) >= 11 is 3.49. The van der Waals surface area contributed by atoms with Gasteiger partial charge in [0.1, 0.15) is 13.2 Å². The van der Waals surface area contributed by atoms with E-state index in [1.807, 2.05) is 48.5 Å². The van der Waals surface area contributed by atoms with Crippen LogP contribution >= 0.6 is 15.9 Å². The number of hydrogen-bond donors (Lipinski definition) is 0. The molecule has 1 aliphatic rings. The summed E-state index contributed by atoms with van der Waals surface area (Å²) in [5.41, 5.74) is 1.12. The Morgan fingerprint density at radius 3 is 2.63 bits per heavy atom. The van der Waals surface area contributed by atoms with E-state index in [4.69, 9.17) is 14.2 Å². The summed E-state index contributed by atoms with van der Waals surface area (Å²) in [5, 5.41) is 0. The molecule has 0 bridgehead atoms. The zero-order valence-corrected chi connectivity index (χ0v) is 11.8. The van der Waals surface area contributed by atoms with Gasteiger partial charge in [-0.1, -0.05) is 36.4 Å². The van der Waals surface area contributed by atoms with Crippen LogP contribution in [-0.4, -0.2) is 12.9 Å². The van der Waals surface area contributed by atoms with Crippen LogP contribution in [0.15, 0.2) is 53.0 Å². The summed E-state index contributed by atoms with van der Waals surface area (Å²) in [6.07, 6.45) is -0.131. The van der Waals surface area contributed by atoms with Crippen LogP contribution in [0.2, 0.25) is 0 Å². The fraction of sp³-hybridized carbons (Fsp3) is 0.200. The summed E-state index contributed by atoms with van der Waals surface area (Å²) in [7, 11) is 0. The Morgan fingerprint density at radius 1 is 1.11 bits per heavy atom. The fourth-order valence-electron chi connectivity index (χ4n) is 1.70. The molecular weight excluding hydrogens is 308 g/mol. The lowest BCUT2D eigenvalue weighted by Gasteiger charge is -2.13. The van der Waals surface area contributed by atoms with Crippen molar-refractivity contribution in [1.29, 1.82) is 0 Å². The normalized spacial score (nSPS) is 17.0. The molecule has 0 amide bonds. The molecule has 0 saturated carbocycles. The number of epoxide rings is 1. The molecule has 0 radical (unpaired) electrons. The monoisotopic (exact) mass is 320 g/mol. The van der Waals surface area contributed by atoms with Crippen LogP contribution < -0.4 is 9.47 Å². The van der Waals surface area contributed by atoms with Gasteiger partial charge in [0.15, 0.2) is 11.5 Å². The molecular formula is C15H13BrO3. The van der Waals surface area contributed by atoms with Gasteiger partial charge < -0.3 is 14.2 Å². The molecule has 0 aliphatic carbocycles. The number of ether oxygens (including phenoxy) is 3. The Kier molecular flexibility index (Phi) is 3.71. The van der Waals surface area contributed by atoms with Gasteiger partial charge in [0.25, 0.3) is 0 Å². The minimum Gasteiger partial charge on any atom is -0.484 e. The first-order valence-corrected chi connectivity index (χ1v) is 6.86. The number of para-hydroxylation sites is 1. The third-order valence-corrected chi connectivity index (χ3v) is 3.34. The second-order valence-electron chi connectivity index (χ2n) is 4.22. The molecule has 1 atom stereocenters. The second kappa shape index (κ2) is 5.63. The highest BCUT2D eigenvalue weighted by Crippen LogP contribution is 2.37. The highest BCUT2D eigenvalue weighted by Gasteiger charge is 2.26. The van der Waals surface area contributed by atoms with Gasteiger partial charge in [-0.2, -0.15) is 0 Å². The van der Waals surface area contributed by atoms with Crippen molar-refractivity contribution in [3.8, 4) is 11.5 Å². The maximum Gasteiger partial charge on any atom is 0.224 e. The first-order valence-electron chi connectivity index (χ1n) is 6.06. The highest BCUT2D eigenvalue weighted by atomic mass is 79.9. The minimum absolute atomic E-state index is 0.131. The number of rotatable bonds is 5. The van der Waals surface area contributed by atoms with Crippen molar-refractivity contribution < 1.29 is 14.2 Å². The Labute approximate surface area is 120 Å². The molecule has 1 heterocycles. The van der Waals surface area contributed by atoms with Gasteiger partial charge in [-0.25, -0.2) is 0 Å². The van der Waals surface area contributed by atoms with Gasteiger partial charge in [0, 0.05) is 0 Å². The summed E-state index contributed by atoms with van der Waals surface area (Å²) in [5.74, 6) is 1.41. The molecule has 1 fully saturated rings. The number of benzene rings is 2. The number of hydrogen-bond acceptors (Lipinski definition) is 3. The smallest absolute Gasteiger partial charge is 0.224 e. The lowest BCUT2D eigenvalue weighted by molar-refractivity contribution is 0.168. The van der Waals surface area contributed by atoms with Crippen LogP contribution in [0.25, 0.3) is 0 Å². The second-order valence-corrected chi connectivity index (χ2v) is 5.08. The van der Waals surface area contributed by atoms with Gasteiger partial charge in [0.05, 0.1) is 4.47 Å². The topological polar surface area (TPSA) is 31.0 Å². The van der Waals surface area contributed by atoms with Crippen LogP contribution in [0.1, 0.15) is 5.56 Å². The lowest BCUT2D eigenvalue weighted by atomic mass is 10.2. The predicted molar refractivity (Wildman–Crippen MR) is 75.3 cm³/mol. The van der Waals surface area contributed by atoms with E-state index >= 15 is 0 Å². The van der Waals surface area contributed by atoms with Crippen molar-refractivity contribution in [2.45, 2.75) is 12.9 Å². The van der Waals surface area contributed by atoms with E-state index in [0.29, 0.717) is 24.7 Å². The summed E-state index contributed by atoms with van der Waals surface area (Å²) < 4.78 is 17.5. The van der Waals surface area contributed by atoms with E-state index in [1.165, 1.54) is 0 Å². The fourth-order valence-corrected chi connectivity index (χ4v) is 2.16.